The van der Waals surface area contributed by atoms with Crippen LogP contribution in [0.1, 0.15) is 43.0 Å². The number of hydrogen-bond donors (Lipinski definition) is 1. The minimum absolute atomic E-state index is 0.0293. The maximum Gasteiger partial charge on any atom is 0.252 e. The van der Waals surface area contributed by atoms with Crippen LogP contribution in [-0.2, 0) is 0 Å². The molecule has 2 aromatic heterocycles. The zero-order chi connectivity index (χ0) is 18.4. The van der Waals surface area contributed by atoms with Crippen molar-refractivity contribution in [3.05, 3.63) is 53.4 Å². The first kappa shape index (κ1) is 16.9. The number of para-hydroxylation sites is 1. The molecule has 138 valence electrons. The van der Waals surface area contributed by atoms with E-state index in [0.29, 0.717) is 5.92 Å². The molecule has 3 aromatic rings. The van der Waals surface area contributed by atoms with Gasteiger partial charge in [0.25, 0.3) is 5.91 Å². The molecular formula is C23H24N2OS. The summed E-state index contributed by atoms with van der Waals surface area (Å²) in [6, 6.07) is 14.2. The van der Waals surface area contributed by atoms with E-state index < -0.39 is 0 Å². The van der Waals surface area contributed by atoms with Crippen LogP contribution in [0, 0.1) is 17.8 Å². The number of pyridine rings is 1. The predicted molar refractivity (Wildman–Crippen MR) is 111 cm³/mol. The van der Waals surface area contributed by atoms with Gasteiger partial charge in [-0.25, -0.2) is 4.98 Å². The number of nitrogens with one attached hydrogen (secondary N) is 1. The van der Waals surface area contributed by atoms with Gasteiger partial charge in [-0.3, -0.25) is 4.79 Å². The van der Waals surface area contributed by atoms with E-state index >= 15 is 0 Å². The molecule has 2 fully saturated rings. The van der Waals surface area contributed by atoms with Crippen molar-refractivity contribution < 1.29 is 4.79 Å². The molecule has 2 aliphatic rings. The summed E-state index contributed by atoms with van der Waals surface area (Å²) in [4.78, 5) is 19.1. The van der Waals surface area contributed by atoms with Crippen LogP contribution in [-0.4, -0.2) is 16.9 Å². The molecule has 4 heteroatoms. The first-order chi connectivity index (χ1) is 13.2. The fourth-order valence-electron chi connectivity index (χ4n) is 5.21. The summed E-state index contributed by atoms with van der Waals surface area (Å²) < 4.78 is 0. The van der Waals surface area contributed by atoms with Crippen LogP contribution in [0.5, 0.6) is 0 Å². The number of thiophene rings is 1. The van der Waals surface area contributed by atoms with Gasteiger partial charge in [-0.2, -0.15) is 0 Å². The minimum Gasteiger partial charge on any atom is -0.349 e. The van der Waals surface area contributed by atoms with Crippen molar-refractivity contribution in [1.82, 2.24) is 10.3 Å². The molecule has 1 aromatic carbocycles. The molecule has 0 aliphatic heterocycles. The van der Waals surface area contributed by atoms with Gasteiger partial charge in [-0.15, -0.1) is 11.3 Å². The fraction of sp³-hybridized carbons (Fsp3) is 0.391. The number of rotatable bonds is 4. The molecule has 0 radical (unpaired) electrons. The Labute approximate surface area is 163 Å². The summed E-state index contributed by atoms with van der Waals surface area (Å²) in [5, 5.41) is 6.30. The molecule has 1 amide bonds. The maximum absolute atomic E-state index is 13.2. The number of hydrogen-bond acceptors (Lipinski definition) is 3. The highest BCUT2D eigenvalue weighted by molar-refractivity contribution is 7.13. The summed E-state index contributed by atoms with van der Waals surface area (Å²) in [7, 11) is 0. The Bertz CT molecular complexity index is 981. The normalized spacial score (nSPS) is 25.0. The lowest BCUT2D eigenvalue weighted by atomic mass is 9.84. The molecule has 2 bridgehead atoms. The average molecular weight is 377 g/mol. The van der Waals surface area contributed by atoms with E-state index in [0.717, 1.165) is 38.9 Å². The summed E-state index contributed by atoms with van der Waals surface area (Å²) in [5.41, 5.74) is 2.49. The van der Waals surface area contributed by atoms with Gasteiger partial charge >= 0.3 is 0 Å². The number of fused-ring (bicyclic) bond motifs is 3. The summed E-state index contributed by atoms with van der Waals surface area (Å²) in [6.45, 7) is 2.19. The van der Waals surface area contributed by atoms with Crippen molar-refractivity contribution in [3.8, 4) is 10.6 Å². The topological polar surface area (TPSA) is 42.0 Å². The summed E-state index contributed by atoms with van der Waals surface area (Å²) >= 11 is 1.65. The van der Waals surface area contributed by atoms with Gasteiger partial charge in [-0.05, 0) is 67.5 Å². The molecule has 27 heavy (non-hydrogen) atoms. The van der Waals surface area contributed by atoms with Crippen molar-refractivity contribution >= 4 is 28.1 Å². The molecule has 0 saturated heterocycles. The molecule has 4 atom stereocenters. The van der Waals surface area contributed by atoms with Crippen molar-refractivity contribution in [1.29, 1.82) is 0 Å². The Kier molecular flexibility index (Phi) is 4.24. The highest BCUT2D eigenvalue weighted by Crippen LogP contribution is 2.49. The predicted octanol–water partition coefficient (Wildman–Crippen LogP) is 5.52. The standard InChI is InChI=1S/C23H24N2OS/c1-14(18-12-15-8-9-16(18)11-15)24-23(26)19-13-21(22-7-4-10-27-22)25-20-6-3-2-5-17(19)20/h2-7,10,13-16,18H,8-9,11-12H2,1H3,(H,24,26)/t14-,15+,16+,18+/m1/s1. The highest BCUT2D eigenvalue weighted by Gasteiger charge is 2.42. The zero-order valence-corrected chi connectivity index (χ0v) is 16.3. The Morgan fingerprint density at radius 3 is 2.81 bits per heavy atom. The molecule has 2 heterocycles. The second kappa shape index (κ2) is 6.75. The Morgan fingerprint density at radius 1 is 1.19 bits per heavy atom. The fourth-order valence-corrected chi connectivity index (χ4v) is 5.90. The second-order valence-electron chi connectivity index (χ2n) is 8.15. The first-order valence-corrected chi connectivity index (χ1v) is 10.8. The highest BCUT2D eigenvalue weighted by atomic mass is 32.1. The average Bonchev–Trinajstić information content (AvgIpc) is 3.44. The van der Waals surface area contributed by atoms with E-state index in [1.165, 1.54) is 25.7 Å². The third-order valence-corrected chi connectivity index (χ3v) is 7.42. The largest absolute Gasteiger partial charge is 0.349 e. The lowest BCUT2D eigenvalue weighted by Gasteiger charge is -2.28. The monoisotopic (exact) mass is 376 g/mol. The van der Waals surface area contributed by atoms with E-state index in [9.17, 15) is 4.79 Å². The third kappa shape index (κ3) is 3.06. The van der Waals surface area contributed by atoms with E-state index in [-0.39, 0.29) is 11.9 Å². The lowest BCUT2D eigenvalue weighted by Crippen LogP contribution is -2.40. The van der Waals surface area contributed by atoms with Crippen molar-refractivity contribution in [2.45, 2.75) is 38.6 Å². The van der Waals surface area contributed by atoms with Gasteiger partial charge in [0.1, 0.15) is 0 Å². The Hall–Kier alpha value is -2.20. The van der Waals surface area contributed by atoms with Gasteiger partial charge in [0.15, 0.2) is 0 Å². The third-order valence-electron chi connectivity index (χ3n) is 6.53. The van der Waals surface area contributed by atoms with E-state index in [2.05, 4.69) is 18.3 Å². The summed E-state index contributed by atoms with van der Waals surface area (Å²) in [5.74, 6) is 2.37. The second-order valence-corrected chi connectivity index (χ2v) is 9.10. The Balaban J connectivity index is 1.47. The molecule has 0 spiro atoms. The van der Waals surface area contributed by atoms with E-state index in [1.807, 2.05) is 41.8 Å². The zero-order valence-electron chi connectivity index (χ0n) is 15.5. The van der Waals surface area contributed by atoms with Gasteiger partial charge < -0.3 is 5.32 Å². The number of benzene rings is 1. The van der Waals surface area contributed by atoms with Crippen LogP contribution < -0.4 is 5.32 Å². The summed E-state index contributed by atoms with van der Waals surface area (Å²) in [6.07, 6.45) is 5.38. The van der Waals surface area contributed by atoms with Crippen molar-refractivity contribution in [2.24, 2.45) is 17.8 Å². The van der Waals surface area contributed by atoms with Gasteiger partial charge in [0.05, 0.1) is 21.7 Å². The van der Waals surface area contributed by atoms with E-state index in [4.69, 9.17) is 4.98 Å². The van der Waals surface area contributed by atoms with Gasteiger partial charge in [0.2, 0.25) is 0 Å². The number of carbonyl (C=O) groups excluding carboxylic acids is 1. The molecule has 2 saturated carbocycles. The molecule has 2 aliphatic carbocycles. The first-order valence-electron chi connectivity index (χ1n) is 9.93. The van der Waals surface area contributed by atoms with Gasteiger partial charge in [0, 0.05) is 11.4 Å². The smallest absolute Gasteiger partial charge is 0.252 e. The number of amides is 1. The number of nitrogens with zero attached hydrogens (tertiary/aromatic N) is 1. The van der Waals surface area contributed by atoms with Crippen LogP contribution in [0.25, 0.3) is 21.5 Å². The lowest BCUT2D eigenvalue weighted by molar-refractivity contribution is 0.0917. The van der Waals surface area contributed by atoms with Crippen LogP contribution in [0.4, 0.5) is 0 Å². The van der Waals surface area contributed by atoms with E-state index in [1.54, 1.807) is 11.3 Å². The number of carbonyl (C=O) groups is 1. The van der Waals surface area contributed by atoms with Crippen LogP contribution in [0.3, 0.4) is 0 Å². The van der Waals surface area contributed by atoms with Crippen LogP contribution >= 0.6 is 11.3 Å². The van der Waals surface area contributed by atoms with Crippen LogP contribution in [0.15, 0.2) is 47.8 Å². The maximum atomic E-state index is 13.2. The molecule has 3 nitrogen and oxygen atoms in total. The SMILES string of the molecule is C[C@@H](NC(=O)c1cc(-c2cccs2)nc2ccccc12)[C@@H]1C[C@H]2CC[C@H]1C2. The molecule has 1 N–H and O–H groups in total. The Morgan fingerprint density at radius 2 is 2.07 bits per heavy atom. The molecular weight excluding hydrogens is 352 g/mol. The minimum atomic E-state index is 0.0293. The van der Waals surface area contributed by atoms with Gasteiger partial charge in [-0.1, -0.05) is 30.7 Å². The van der Waals surface area contributed by atoms with Crippen molar-refractivity contribution in [2.75, 3.05) is 0 Å². The van der Waals surface area contributed by atoms with Crippen molar-refractivity contribution in [3.63, 3.8) is 0 Å². The molecule has 0 unspecified atom stereocenters. The van der Waals surface area contributed by atoms with Crippen LogP contribution in [0.2, 0.25) is 0 Å². The number of aromatic nitrogens is 1. The molecule has 5 rings (SSSR count). The quantitative estimate of drug-likeness (QED) is 0.651.